The molecule has 3 nitrogen and oxygen atoms in total. The predicted octanol–water partition coefficient (Wildman–Crippen LogP) is 3.78. The van der Waals surface area contributed by atoms with E-state index in [-0.39, 0.29) is 16.8 Å². The van der Waals surface area contributed by atoms with Gasteiger partial charge in [0, 0.05) is 18.0 Å². The number of rotatable bonds is 1. The Hall–Kier alpha value is -1.61. The highest BCUT2D eigenvalue weighted by Gasteiger charge is 2.52. The van der Waals surface area contributed by atoms with Crippen LogP contribution in [0.4, 0.5) is 0 Å². The second-order valence-corrected chi connectivity index (χ2v) is 8.67. The maximum atomic E-state index is 12.2. The Morgan fingerprint density at radius 3 is 2.88 bits per heavy atom. The molecule has 0 N–H and O–H groups in total. The number of likely N-dealkylation sites (tertiary alicyclic amines) is 1. The van der Waals surface area contributed by atoms with Gasteiger partial charge in [-0.15, -0.1) is 0 Å². The van der Waals surface area contributed by atoms with E-state index < -0.39 is 0 Å². The summed E-state index contributed by atoms with van der Waals surface area (Å²) in [6.45, 7) is 5.31. The van der Waals surface area contributed by atoms with Gasteiger partial charge in [0.2, 0.25) is 0 Å². The molecule has 4 aliphatic rings. The molecule has 3 fully saturated rings. The Balaban J connectivity index is 1.33. The number of nitrogens with zero attached hydrogens (tertiary/aromatic N) is 1. The van der Waals surface area contributed by atoms with Crippen LogP contribution in [0.25, 0.3) is 6.08 Å². The molecule has 1 aromatic rings. The number of esters is 1. The van der Waals surface area contributed by atoms with E-state index in [1.54, 1.807) is 0 Å². The molecule has 0 amide bonds. The first kappa shape index (κ1) is 15.6. The summed E-state index contributed by atoms with van der Waals surface area (Å²) in [5.74, 6) is 0.678. The van der Waals surface area contributed by atoms with Crippen molar-refractivity contribution in [3.05, 3.63) is 41.5 Å². The fraction of sp³-hybridized carbons (Fsp3) is 0.591. The van der Waals surface area contributed by atoms with Gasteiger partial charge in [-0.1, -0.05) is 43.3 Å². The second kappa shape index (κ2) is 5.44. The lowest BCUT2D eigenvalue weighted by atomic mass is 9.67. The number of carbonyl (C=O) groups is 1. The van der Waals surface area contributed by atoms with Gasteiger partial charge in [-0.05, 0) is 55.7 Å². The van der Waals surface area contributed by atoms with Crippen molar-refractivity contribution in [2.75, 3.05) is 19.7 Å². The molecule has 2 unspecified atom stereocenters. The summed E-state index contributed by atoms with van der Waals surface area (Å²) in [5, 5.41) is 0. The zero-order valence-corrected chi connectivity index (χ0v) is 15.0. The monoisotopic (exact) mass is 337 g/mol. The maximum Gasteiger partial charge on any atom is 0.312 e. The van der Waals surface area contributed by atoms with Crippen molar-refractivity contribution in [1.82, 2.24) is 4.90 Å². The van der Waals surface area contributed by atoms with Gasteiger partial charge >= 0.3 is 5.97 Å². The van der Waals surface area contributed by atoms with Gasteiger partial charge in [0.25, 0.3) is 0 Å². The highest BCUT2D eigenvalue weighted by atomic mass is 16.5. The maximum absolute atomic E-state index is 12.2. The molecule has 5 rings (SSSR count). The SMILES string of the molecule is C[C@H]1CN(C2CCC3(CCOC3=O)C2)CC[C@@]12C=Cc1ccccc12. The lowest BCUT2D eigenvalue weighted by Gasteiger charge is -2.46. The third-order valence-electron chi connectivity index (χ3n) is 7.57. The van der Waals surface area contributed by atoms with E-state index in [0.717, 1.165) is 38.8 Å². The first-order valence-corrected chi connectivity index (χ1v) is 9.83. The summed E-state index contributed by atoms with van der Waals surface area (Å²) in [6, 6.07) is 9.44. The van der Waals surface area contributed by atoms with Crippen LogP contribution in [-0.4, -0.2) is 36.6 Å². The molecule has 2 heterocycles. The van der Waals surface area contributed by atoms with E-state index in [1.165, 1.54) is 17.5 Å². The smallest absolute Gasteiger partial charge is 0.312 e. The van der Waals surface area contributed by atoms with Crippen molar-refractivity contribution in [3.8, 4) is 0 Å². The molecule has 1 aromatic carbocycles. The van der Waals surface area contributed by atoms with Crippen LogP contribution in [0.1, 0.15) is 50.2 Å². The number of allylic oxidation sites excluding steroid dienone is 1. The van der Waals surface area contributed by atoms with E-state index in [0.29, 0.717) is 18.6 Å². The Morgan fingerprint density at radius 1 is 1.20 bits per heavy atom. The number of carbonyl (C=O) groups excluding carboxylic acids is 1. The molecule has 3 heteroatoms. The number of hydrogen-bond acceptors (Lipinski definition) is 3. The molecule has 2 saturated heterocycles. The van der Waals surface area contributed by atoms with Gasteiger partial charge in [0.15, 0.2) is 0 Å². The minimum Gasteiger partial charge on any atom is -0.465 e. The lowest BCUT2D eigenvalue weighted by Crippen LogP contribution is -2.50. The van der Waals surface area contributed by atoms with Crippen LogP contribution in [0.2, 0.25) is 0 Å². The molecule has 25 heavy (non-hydrogen) atoms. The summed E-state index contributed by atoms with van der Waals surface area (Å²) in [4.78, 5) is 14.9. The fourth-order valence-electron chi connectivity index (χ4n) is 5.97. The number of hydrogen-bond donors (Lipinski definition) is 0. The van der Waals surface area contributed by atoms with Crippen molar-refractivity contribution < 1.29 is 9.53 Å². The number of fused-ring (bicyclic) bond motifs is 2. The Labute approximate surface area is 150 Å². The zero-order chi connectivity index (χ0) is 17.1. The highest BCUT2D eigenvalue weighted by Crippen LogP contribution is 2.51. The first-order chi connectivity index (χ1) is 12.1. The molecule has 132 valence electrons. The molecule has 2 aliphatic heterocycles. The minimum absolute atomic E-state index is 0.0733. The highest BCUT2D eigenvalue weighted by molar-refractivity contribution is 5.79. The fourth-order valence-corrected chi connectivity index (χ4v) is 5.97. The Bertz CT molecular complexity index is 741. The van der Waals surface area contributed by atoms with Crippen LogP contribution in [-0.2, 0) is 14.9 Å². The van der Waals surface area contributed by atoms with Crippen molar-refractivity contribution in [2.24, 2.45) is 11.3 Å². The van der Waals surface area contributed by atoms with Crippen LogP contribution < -0.4 is 0 Å². The van der Waals surface area contributed by atoms with Crippen LogP contribution in [0.15, 0.2) is 30.3 Å². The Morgan fingerprint density at radius 2 is 2.08 bits per heavy atom. The van der Waals surface area contributed by atoms with Crippen LogP contribution in [0.3, 0.4) is 0 Å². The molecular formula is C22H27NO2. The predicted molar refractivity (Wildman–Crippen MR) is 98.2 cm³/mol. The van der Waals surface area contributed by atoms with Crippen molar-refractivity contribution in [3.63, 3.8) is 0 Å². The van der Waals surface area contributed by atoms with Crippen molar-refractivity contribution >= 4 is 12.0 Å². The van der Waals surface area contributed by atoms with E-state index in [4.69, 9.17) is 4.74 Å². The average Bonchev–Trinajstić information content (AvgIpc) is 3.31. The number of ether oxygens (including phenoxy) is 1. The summed E-state index contributed by atoms with van der Waals surface area (Å²) in [7, 11) is 0. The molecule has 0 aromatic heterocycles. The summed E-state index contributed by atoms with van der Waals surface area (Å²) in [5.41, 5.74) is 2.99. The third kappa shape index (κ3) is 2.18. The zero-order valence-electron chi connectivity index (χ0n) is 15.0. The number of piperidine rings is 1. The second-order valence-electron chi connectivity index (χ2n) is 8.67. The number of benzene rings is 1. The minimum atomic E-state index is -0.150. The standard InChI is InChI=1S/C22H27NO2/c1-16-15-23(18-7-8-21(14-18)11-13-25-20(21)24)12-10-22(16)9-6-17-4-2-3-5-19(17)22/h2-6,9,16,18H,7-8,10-15H2,1H3/t16-,18?,21?,22-/m0/s1. The molecule has 2 spiro atoms. The van der Waals surface area contributed by atoms with Gasteiger partial charge < -0.3 is 4.74 Å². The van der Waals surface area contributed by atoms with E-state index in [1.807, 2.05) is 0 Å². The van der Waals surface area contributed by atoms with E-state index >= 15 is 0 Å². The van der Waals surface area contributed by atoms with Crippen LogP contribution in [0, 0.1) is 11.3 Å². The Kier molecular flexibility index (Phi) is 3.40. The van der Waals surface area contributed by atoms with Crippen LogP contribution in [0.5, 0.6) is 0 Å². The quantitative estimate of drug-likeness (QED) is 0.731. The molecule has 4 atom stereocenters. The largest absolute Gasteiger partial charge is 0.465 e. The van der Waals surface area contributed by atoms with Crippen molar-refractivity contribution in [2.45, 2.75) is 50.5 Å². The van der Waals surface area contributed by atoms with Gasteiger partial charge in [-0.2, -0.15) is 0 Å². The molecule has 2 aliphatic carbocycles. The average molecular weight is 337 g/mol. The molecule has 0 radical (unpaired) electrons. The van der Waals surface area contributed by atoms with Gasteiger partial charge in [0.05, 0.1) is 12.0 Å². The third-order valence-corrected chi connectivity index (χ3v) is 7.57. The first-order valence-electron chi connectivity index (χ1n) is 9.83. The lowest BCUT2D eigenvalue weighted by molar-refractivity contribution is -0.146. The summed E-state index contributed by atoms with van der Waals surface area (Å²) >= 11 is 0. The molecule has 0 bridgehead atoms. The van der Waals surface area contributed by atoms with Gasteiger partial charge in [-0.3, -0.25) is 9.69 Å². The molecule has 1 saturated carbocycles. The normalized spacial score (nSPS) is 40.1. The summed E-state index contributed by atoms with van der Waals surface area (Å²) in [6.07, 6.45) is 10.1. The van der Waals surface area contributed by atoms with Gasteiger partial charge in [0.1, 0.15) is 0 Å². The van der Waals surface area contributed by atoms with E-state index in [9.17, 15) is 4.79 Å². The topological polar surface area (TPSA) is 29.5 Å². The van der Waals surface area contributed by atoms with Crippen LogP contribution >= 0.6 is 0 Å². The van der Waals surface area contributed by atoms with Crippen molar-refractivity contribution in [1.29, 1.82) is 0 Å². The molecular weight excluding hydrogens is 310 g/mol. The van der Waals surface area contributed by atoms with E-state index in [2.05, 4.69) is 48.2 Å². The summed E-state index contributed by atoms with van der Waals surface area (Å²) < 4.78 is 5.30. The van der Waals surface area contributed by atoms with Gasteiger partial charge in [-0.25, -0.2) is 0 Å². The number of cyclic esters (lactones) is 1.